The minimum Gasteiger partial charge on any atom is -0.497 e. The molecule has 1 amide bonds. The van der Waals surface area contributed by atoms with Crippen LogP contribution in [0.3, 0.4) is 0 Å². The second-order valence-electron chi connectivity index (χ2n) is 12.0. The highest BCUT2D eigenvalue weighted by Gasteiger charge is 2.39. The number of nitrogens with zero attached hydrogens (tertiary/aromatic N) is 3. The van der Waals surface area contributed by atoms with Gasteiger partial charge in [0, 0.05) is 62.0 Å². The number of piperazine rings is 1. The van der Waals surface area contributed by atoms with E-state index in [4.69, 9.17) is 14.2 Å². The summed E-state index contributed by atoms with van der Waals surface area (Å²) in [5.74, 6) is 2.67. The van der Waals surface area contributed by atoms with Crippen LogP contribution in [0, 0.1) is 0 Å². The van der Waals surface area contributed by atoms with Crippen LogP contribution in [0.15, 0.2) is 97.1 Å². The zero-order chi connectivity index (χ0) is 31.2. The van der Waals surface area contributed by atoms with E-state index in [2.05, 4.69) is 82.6 Å². The summed E-state index contributed by atoms with van der Waals surface area (Å²) in [7, 11) is 5.10. The van der Waals surface area contributed by atoms with Crippen molar-refractivity contribution in [1.29, 1.82) is 0 Å². The van der Waals surface area contributed by atoms with Crippen LogP contribution in [0.2, 0.25) is 0 Å². The number of methoxy groups -OCH3 is 3. The molecule has 6 rings (SSSR count). The Morgan fingerprint density at radius 2 is 1.31 bits per heavy atom. The van der Waals surface area contributed by atoms with Crippen LogP contribution in [0.1, 0.15) is 39.9 Å². The molecule has 2 fully saturated rings. The van der Waals surface area contributed by atoms with E-state index in [0.717, 1.165) is 79.6 Å². The highest BCUT2D eigenvalue weighted by molar-refractivity contribution is 5.94. The van der Waals surface area contributed by atoms with Crippen molar-refractivity contribution in [3.05, 3.63) is 119 Å². The van der Waals surface area contributed by atoms with Crippen LogP contribution < -0.4 is 19.1 Å². The molecule has 2 aliphatic heterocycles. The number of hydrogen-bond acceptors (Lipinski definition) is 6. The molecule has 2 heterocycles. The molecule has 0 N–H and O–H groups in total. The number of carbonyl (C=O) groups is 1. The summed E-state index contributed by atoms with van der Waals surface area (Å²) < 4.78 is 16.3. The molecule has 2 saturated heterocycles. The fraction of sp³-hybridized carbons (Fsp3) is 0.342. The normalized spacial score (nSPS) is 16.7. The van der Waals surface area contributed by atoms with Crippen LogP contribution in [0.4, 0.5) is 5.69 Å². The summed E-state index contributed by atoms with van der Waals surface area (Å²) in [4.78, 5) is 20.5. The Kier molecular flexibility index (Phi) is 9.26. The maximum absolute atomic E-state index is 13.6. The Morgan fingerprint density at radius 3 is 1.93 bits per heavy atom. The van der Waals surface area contributed by atoms with Crippen molar-refractivity contribution in [2.75, 3.05) is 65.5 Å². The molecule has 0 bridgehead atoms. The van der Waals surface area contributed by atoms with Crippen LogP contribution >= 0.6 is 0 Å². The van der Waals surface area contributed by atoms with Crippen LogP contribution in [0.5, 0.6) is 17.2 Å². The Balaban J connectivity index is 1.16. The van der Waals surface area contributed by atoms with Crippen molar-refractivity contribution >= 4 is 11.6 Å². The van der Waals surface area contributed by atoms with Crippen LogP contribution in [0.25, 0.3) is 0 Å². The lowest BCUT2D eigenvalue weighted by atomic mass is 9.69. The lowest BCUT2D eigenvalue weighted by Crippen LogP contribution is -2.48. The molecule has 4 aromatic carbocycles. The largest absolute Gasteiger partial charge is 0.497 e. The zero-order valence-electron chi connectivity index (χ0n) is 26.6. The Morgan fingerprint density at radius 1 is 0.689 bits per heavy atom. The van der Waals surface area contributed by atoms with Gasteiger partial charge in [-0.2, -0.15) is 0 Å². The number of benzene rings is 4. The fourth-order valence-corrected chi connectivity index (χ4v) is 6.96. The van der Waals surface area contributed by atoms with Gasteiger partial charge in [-0.25, -0.2) is 0 Å². The first-order chi connectivity index (χ1) is 22.0. The van der Waals surface area contributed by atoms with Crippen molar-refractivity contribution in [3.8, 4) is 17.2 Å². The van der Waals surface area contributed by atoms with E-state index in [1.54, 1.807) is 21.3 Å². The van der Waals surface area contributed by atoms with Gasteiger partial charge in [-0.1, -0.05) is 42.5 Å². The lowest BCUT2D eigenvalue weighted by Gasteiger charge is -2.44. The quantitative estimate of drug-likeness (QED) is 0.225. The first-order valence-corrected chi connectivity index (χ1v) is 15.8. The van der Waals surface area contributed by atoms with Gasteiger partial charge in [-0.05, 0) is 84.6 Å². The van der Waals surface area contributed by atoms with Crippen molar-refractivity contribution in [2.24, 2.45) is 0 Å². The van der Waals surface area contributed by atoms with E-state index in [-0.39, 0.29) is 11.3 Å². The van der Waals surface area contributed by atoms with Gasteiger partial charge in [0.2, 0.25) is 0 Å². The van der Waals surface area contributed by atoms with E-state index >= 15 is 0 Å². The Labute approximate surface area is 266 Å². The maximum atomic E-state index is 13.6. The van der Waals surface area contributed by atoms with E-state index in [0.29, 0.717) is 13.1 Å². The van der Waals surface area contributed by atoms with Crippen molar-refractivity contribution in [3.63, 3.8) is 0 Å². The average Bonchev–Trinajstić information content (AvgIpc) is 3.11. The molecular weight excluding hydrogens is 562 g/mol. The number of anilines is 1. The Hall–Kier alpha value is -4.49. The van der Waals surface area contributed by atoms with Gasteiger partial charge in [0.25, 0.3) is 5.91 Å². The van der Waals surface area contributed by atoms with Gasteiger partial charge < -0.3 is 24.0 Å². The molecule has 4 aromatic rings. The highest BCUT2D eigenvalue weighted by atomic mass is 16.5. The smallest absolute Gasteiger partial charge is 0.253 e. The van der Waals surface area contributed by atoms with Gasteiger partial charge in [0.05, 0.1) is 21.3 Å². The molecule has 0 unspecified atom stereocenters. The predicted molar refractivity (Wildman–Crippen MR) is 179 cm³/mol. The monoisotopic (exact) mass is 605 g/mol. The summed E-state index contributed by atoms with van der Waals surface area (Å²) in [6.07, 6.45) is 2.14. The van der Waals surface area contributed by atoms with Crippen LogP contribution in [-0.2, 0) is 12.0 Å². The SMILES string of the molecule is COc1ccc(C2(c3ccc(OC)cc3)CCCN(Cc3cccc(C(=O)N4CCN(c5cccc(OC)c5)CC4)c3)C2)cc1. The predicted octanol–water partition coefficient (Wildman–Crippen LogP) is 6.26. The molecule has 0 spiro atoms. The summed E-state index contributed by atoms with van der Waals surface area (Å²) in [6.45, 7) is 5.67. The number of amides is 1. The number of ether oxygens (including phenoxy) is 3. The number of likely N-dealkylation sites (tertiary alicyclic amines) is 1. The molecule has 7 nitrogen and oxygen atoms in total. The number of rotatable bonds is 9. The molecule has 0 aromatic heterocycles. The summed E-state index contributed by atoms with van der Waals surface area (Å²) in [5, 5.41) is 0. The minimum absolute atomic E-state index is 0.103. The van der Waals surface area contributed by atoms with E-state index in [1.165, 1.54) is 11.1 Å². The fourth-order valence-electron chi connectivity index (χ4n) is 6.96. The second-order valence-corrected chi connectivity index (χ2v) is 12.0. The lowest BCUT2D eigenvalue weighted by molar-refractivity contribution is 0.0746. The highest BCUT2D eigenvalue weighted by Crippen LogP contribution is 2.42. The van der Waals surface area contributed by atoms with Gasteiger partial charge >= 0.3 is 0 Å². The number of piperidine rings is 1. The standard InChI is InChI=1S/C38H43N3O4/c1-43-34-15-11-31(12-16-34)38(32-13-17-35(44-2)18-14-32)19-6-20-39(28-38)27-29-7-4-8-30(25-29)37(42)41-23-21-40(22-24-41)33-9-5-10-36(26-33)45-3/h4-5,7-18,25-26H,6,19-24,27-28H2,1-3H3. The van der Waals surface area contributed by atoms with Gasteiger partial charge in [-0.3, -0.25) is 9.69 Å². The summed E-state index contributed by atoms with van der Waals surface area (Å²) in [6, 6.07) is 33.4. The van der Waals surface area contributed by atoms with Crippen molar-refractivity contribution in [2.45, 2.75) is 24.8 Å². The third-order valence-corrected chi connectivity index (χ3v) is 9.42. The molecule has 0 atom stereocenters. The molecule has 0 radical (unpaired) electrons. The number of carbonyl (C=O) groups excluding carboxylic acids is 1. The molecular formula is C38H43N3O4. The summed E-state index contributed by atoms with van der Waals surface area (Å²) in [5.41, 5.74) is 5.47. The van der Waals surface area contributed by atoms with E-state index < -0.39 is 0 Å². The molecule has 7 heteroatoms. The third kappa shape index (κ3) is 6.64. The molecule has 0 saturated carbocycles. The summed E-state index contributed by atoms with van der Waals surface area (Å²) >= 11 is 0. The van der Waals surface area contributed by atoms with Gasteiger partial charge in [0.1, 0.15) is 17.2 Å². The van der Waals surface area contributed by atoms with Crippen molar-refractivity contribution in [1.82, 2.24) is 9.80 Å². The minimum atomic E-state index is -0.160. The van der Waals surface area contributed by atoms with E-state index in [1.807, 2.05) is 29.2 Å². The zero-order valence-corrected chi connectivity index (χ0v) is 26.6. The van der Waals surface area contributed by atoms with Crippen molar-refractivity contribution < 1.29 is 19.0 Å². The second kappa shape index (κ2) is 13.7. The first kappa shape index (κ1) is 30.5. The molecule has 0 aliphatic carbocycles. The van der Waals surface area contributed by atoms with Crippen LogP contribution in [-0.4, -0.2) is 76.3 Å². The number of hydrogen-bond donors (Lipinski definition) is 0. The van der Waals surface area contributed by atoms with Gasteiger partial charge in [0.15, 0.2) is 0 Å². The average molecular weight is 606 g/mol. The molecule has 234 valence electrons. The first-order valence-electron chi connectivity index (χ1n) is 15.8. The topological polar surface area (TPSA) is 54.5 Å². The van der Waals surface area contributed by atoms with E-state index in [9.17, 15) is 4.79 Å². The molecule has 45 heavy (non-hydrogen) atoms. The van der Waals surface area contributed by atoms with Gasteiger partial charge in [-0.15, -0.1) is 0 Å². The third-order valence-electron chi connectivity index (χ3n) is 9.42. The maximum Gasteiger partial charge on any atom is 0.253 e. The Bertz CT molecular complexity index is 1530. The molecule has 2 aliphatic rings.